The highest BCUT2D eigenvalue weighted by molar-refractivity contribution is 7.88. The van der Waals surface area contributed by atoms with Crippen LogP contribution in [0, 0.1) is 0 Å². The lowest BCUT2D eigenvalue weighted by atomic mass is 10.3. The topological polar surface area (TPSA) is 88.8 Å². The number of carbonyl (C=O) groups is 1. The molecule has 0 radical (unpaired) electrons. The molecule has 0 saturated heterocycles. The van der Waals surface area contributed by atoms with E-state index >= 15 is 0 Å². The van der Waals surface area contributed by atoms with Crippen LogP contribution in [0.4, 0.5) is 0 Å². The fourth-order valence-electron chi connectivity index (χ4n) is 2.21. The highest BCUT2D eigenvalue weighted by Crippen LogP contribution is 2.40. The van der Waals surface area contributed by atoms with Gasteiger partial charge in [-0.15, -0.1) is 0 Å². The van der Waals surface area contributed by atoms with Crippen LogP contribution in [0.3, 0.4) is 0 Å². The number of amides is 1. The van der Waals surface area contributed by atoms with Crippen molar-refractivity contribution in [3.05, 3.63) is 17.9 Å². The molecule has 1 saturated carbocycles. The Balaban J connectivity index is 2.03. The van der Waals surface area contributed by atoms with Gasteiger partial charge in [-0.2, -0.15) is 0 Å². The zero-order valence-electron chi connectivity index (χ0n) is 13.4. The van der Waals surface area contributed by atoms with E-state index in [2.05, 4.69) is 5.32 Å². The summed E-state index contributed by atoms with van der Waals surface area (Å²) in [5.41, 5.74) is -0.175. The summed E-state index contributed by atoms with van der Waals surface area (Å²) in [6, 6.07) is 1.15. The Hall–Kier alpha value is -1.38. The molecule has 1 heterocycles. The molecule has 0 spiro atoms. The van der Waals surface area contributed by atoms with Gasteiger partial charge in [-0.3, -0.25) is 4.79 Å². The fraction of sp³-hybridized carbons (Fsp3) is 0.643. The van der Waals surface area contributed by atoms with E-state index in [1.165, 1.54) is 20.2 Å². The van der Waals surface area contributed by atoms with Crippen LogP contribution in [0.15, 0.2) is 21.8 Å². The number of furan rings is 1. The quantitative estimate of drug-likeness (QED) is 0.847. The second-order valence-electron chi connectivity index (χ2n) is 6.15. The molecule has 0 aromatic carbocycles. The van der Waals surface area contributed by atoms with Gasteiger partial charge in [0.1, 0.15) is 6.26 Å². The van der Waals surface area contributed by atoms with Crippen LogP contribution in [0.5, 0.6) is 0 Å². The minimum absolute atomic E-state index is 0.0776. The number of rotatable bonds is 6. The van der Waals surface area contributed by atoms with E-state index in [-0.39, 0.29) is 34.3 Å². The SMILES string of the molecule is CC(C)O[C@@]1(C)C[C@H]1NC(=O)c1coc(S(=O)(=O)N(C)C)c1. The molecule has 22 heavy (non-hydrogen) atoms. The summed E-state index contributed by atoms with van der Waals surface area (Å²) in [4.78, 5) is 12.1. The molecule has 1 aromatic heterocycles. The van der Waals surface area contributed by atoms with Gasteiger partial charge >= 0.3 is 0 Å². The predicted molar refractivity (Wildman–Crippen MR) is 80.1 cm³/mol. The number of sulfonamides is 1. The molecule has 0 unspecified atom stereocenters. The first kappa shape index (κ1) is 17.0. The molecule has 1 N–H and O–H groups in total. The predicted octanol–water partition coefficient (Wildman–Crippen LogP) is 1.22. The number of hydrogen-bond acceptors (Lipinski definition) is 5. The Morgan fingerprint density at radius 2 is 2.14 bits per heavy atom. The molecule has 0 aliphatic heterocycles. The second kappa shape index (κ2) is 5.68. The molecule has 1 amide bonds. The van der Waals surface area contributed by atoms with Crippen molar-refractivity contribution in [2.75, 3.05) is 14.1 Å². The number of nitrogens with zero attached hydrogens (tertiary/aromatic N) is 1. The van der Waals surface area contributed by atoms with Crippen LogP contribution < -0.4 is 5.32 Å². The van der Waals surface area contributed by atoms with Gasteiger partial charge in [-0.25, -0.2) is 12.7 Å². The molecular formula is C14H22N2O5S. The standard InChI is InChI=1S/C14H22N2O5S/c1-9(2)21-14(3)7-11(14)15-13(17)10-6-12(20-8-10)22(18,19)16(4)5/h6,8-9,11H,7H2,1-5H3,(H,15,17)/t11-,14+/m1/s1. The number of nitrogens with one attached hydrogen (secondary N) is 1. The fourth-order valence-corrected chi connectivity index (χ4v) is 3.02. The molecule has 1 aromatic rings. The van der Waals surface area contributed by atoms with E-state index in [1.807, 2.05) is 20.8 Å². The van der Waals surface area contributed by atoms with E-state index < -0.39 is 10.0 Å². The van der Waals surface area contributed by atoms with Gasteiger partial charge in [0, 0.05) is 26.6 Å². The Morgan fingerprint density at radius 1 is 1.50 bits per heavy atom. The maximum atomic E-state index is 12.1. The zero-order valence-corrected chi connectivity index (χ0v) is 14.2. The van der Waals surface area contributed by atoms with Crippen molar-refractivity contribution in [3.8, 4) is 0 Å². The van der Waals surface area contributed by atoms with Gasteiger partial charge in [-0.05, 0) is 20.8 Å². The molecule has 1 fully saturated rings. The Morgan fingerprint density at radius 3 is 2.68 bits per heavy atom. The third kappa shape index (κ3) is 3.34. The summed E-state index contributed by atoms with van der Waals surface area (Å²) in [6.07, 6.45) is 1.96. The average molecular weight is 330 g/mol. The second-order valence-corrected chi connectivity index (χ2v) is 8.23. The summed E-state index contributed by atoms with van der Waals surface area (Å²) in [5.74, 6) is -0.370. The smallest absolute Gasteiger partial charge is 0.275 e. The minimum atomic E-state index is -3.68. The Bertz CT molecular complexity index is 665. The first-order chi connectivity index (χ1) is 10.1. The first-order valence-corrected chi connectivity index (χ1v) is 8.50. The van der Waals surface area contributed by atoms with Gasteiger partial charge in [0.2, 0.25) is 5.09 Å². The van der Waals surface area contributed by atoms with Crippen molar-refractivity contribution in [3.63, 3.8) is 0 Å². The van der Waals surface area contributed by atoms with Gasteiger partial charge in [0.05, 0.1) is 23.3 Å². The van der Waals surface area contributed by atoms with Gasteiger partial charge in [0.15, 0.2) is 0 Å². The van der Waals surface area contributed by atoms with E-state index in [1.54, 1.807) is 0 Å². The summed E-state index contributed by atoms with van der Waals surface area (Å²) in [6.45, 7) is 5.82. The van der Waals surface area contributed by atoms with E-state index in [9.17, 15) is 13.2 Å². The van der Waals surface area contributed by atoms with Crippen molar-refractivity contribution in [2.45, 2.75) is 50.0 Å². The third-order valence-electron chi connectivity index (χ3n) is 3.57. The summed E-state index contributed by atoms with van der Waals surface area (Å²) in [7, 11) is -0.881. The van der Waals surface area contributed by atoms with Crippen molar-refractivity contribution in [1.82, 2.24) is 9.62 Å². The van der Waals surface area contributed by atoms with Gasteiger partial charge in [-0.1, -0.05) is 0 Å². The van der Waals surface area contributed by atoms with Crippen molar-refractivity contribution in [2.24, 2.45) is 0 Å². The van der Waals surface area contributed by atoms with Crippen molar-refractivity contribution in [1.29, 1.82) is 0 Å². The Kier molecular flexibility index (Phi) is 4.38. The maximum absolute atomic E-state index is 12.1. The van der Waals surface area contributed by atoms with Crippen molar-refractivity contribution >= 4 is 15.9 Å². The van der Waals surface area contributed by atoms with Crippen molar-refractivity contribution < 1.29 is 22.4 Å². The number of ether oxygens (including phenoxy) is 1. The molecule has 7 nitrogen and oxygen atoms in total. The molecule has 124 valence electrons. The number of hydrogen-bond donors (Lipinski definition) is 1. The molecule has 1 aliphatic rings. The lowest BCUT2D eigenvalue weighted by Crippen LogP contribution is -2.33. The summed E-state index contributed by atoms with van der Waals surface area (Å²) in [5, 5.41) is 2.58. The summed E-state index contributed by atoms with van der Waals surface area (Å²) < 4.78 is 35.6. The van der Waals surface area contributed by atoms with Crippen LogP contribution in [0.1, 0.15) is 37.6 Å². The van der Waals surface area contributed by atoms with E-state index in [0.29, 0.717) is 0 Å². The maximum Gasteiger partial charge on any atom is 0.275 e. The summed E-state index contributed by atoms with van der Waals surface area (Å²) >= 11 is 0. The molecular weight excluding hydrogens is 308 g/mol. The van der Waals surface area contributed by atoms with Crippen LogP contribution >= 0.6 is 0 Å². The minimum Gasteiger partial charge on any atom is -0.451 e. The largest absolute Gasteiger partial charge is 0.451 e. The van der Waals surface area contributed by atoms with Crippen LogP contribution in [-0.4, -0.2) is 50.5 Å². The van der Waals surface area contributed by atoms with Crippen LogP contribution in [0.25, 0.3) is 0 Å². The van der Waals surface area contributed by atoms with E-state index in [4.69, 9.17) is 9.15 Å². The highest BCUT2D eigenvalue weighted by Gasteiger charge is 2.53. The average Bonchev–Trinajstić information content (AvgIpc) is 2.83. The van der Waals surface area contributed by atoms with Crippen LogP contribution in [-0.2, 0) is 14.8 Å². The molecule has 2 atom stereocenters. The van der Waals surface area contributed by atoms with E-state index in [0.717, 1.165) is 17.0 Å². The number of carbonyl (C=O) groups excluding carboxylic acids is 1. The third-order valence-corrected chi connectivity index (χ3v) is 5.25. The first-order valence-electron chi connectivity index (χ1n) is 7.06. The highest BCUT2D eigenvalue weighted by atomic mass is 32.2. The normalized spacial score (nSPS) is 24.8. The molecule has 1 aliphatic carbocycles. The molecule has 8 heteroatoms. The zero-order chi connectivity index (χ0) is 16.7. The van der Waals surface area contributed by atoms with Gasteiger partial charge in [0.25, 0.3) is 15.9 Å². The molecule has 2 rings (SSSR count). The van der Waals surface area contributed by atoms with Gasteiger partial charge < -0.3 is 14.5 Å². The lowest BCUT2D eigenvalue weighted by Gasteiger charge is -2.16. The Labute approximate surface area is 130 Å². The molecule has 0 bridgehead atoms. The monoisotopic (exact) mass is 330 g/mol. The van der Waals surface area contributed by atoms with Crippen LogP contribution in [0.2, 0.25) is 0 Å². The lowest BCUT2D eigenvalue weighted by molar-refractivity contribution is -0.00522.